The van der Waals surface area contributed by atoms with Crippen LogP contribution in [0.15, 0.2) is 10.4 Å². The molecule has 1 unspecified atom stereocenters. The first-order valence-electron chi connectivity index (χ1n) is 7.63. The monoisotopic (exact) mass is 409 g/mol. The fourth-order valence-corrected chi connectivity index (χ4v) is 0.790. The van der Waals surface area contributed by atoms with Crippen molar-refractivity contribution >= 4 is 41.5 Å². The zero-order chi connectivity index (χ0) is 15.4. The van der Waals surface area contributed by atoms with Gasteiger partial charge in [0.2, 0.25) is 5.56 Å². The van der Waals surface area contributed by atoms with Crippen molar-refractivity contribution in [3.8, 4) is 0 Å². The van der Waals surface area contributed by atoms with Crippen molar-refractivity contribution in [3.63, 3.8) is 0 Å². The zero-order valence-corrected chi connectivity index (χ0v) is 18.3. The van der Waals surface area contributed by atoms with E-state index in [9.17, 15) is 0 Å². The molecular formula is C16H35NOSSn. The molecule has 4 radical (unpaired) electrons. The van der Waals surface area contributed by atoms with Gasteiger partial charge in [-0.1, -0.05) is 91.8 Å². The molecule has 120 valence electrons. The number of rotatable bonds is 4. The Labute approximate surface area is 149 Å². The minimum atomic E-state index is -0.0278. The van der Waals surface area contributed by atoms with Crippen LogP contribution in [0.1, 0.15) is 80.1 Å². The molecule has 1 atom stereocenters. The Kier molecular flexibility index (Phi) is 45.6. The van der Waals surface area contributed by atoms with Gasteiger partial charge in [0.1, 0.15) is 0 Å². The van der Waals surface area contributed by atoms with Crippen LogP contribution in [-0.2, 0) is 4.74 Å². The molecule has 1 aliphatic heterocycles. The van der Waals surface area contributed by atoms with Gasteiger partial charge in [-0.2, -0.15) is 4.99 Å². The van der Waals surface area contributed by atoms with E-state index in [-0.39, 0.29) is 29.5 Å². The van der Waals surface area contributed by atoms with Crippen LogP contribution in [0.2, 0.25) is 0 Å². The molecule has 0 aromatic carbocycles. The van der Waals surface area contributed by atoms with E-state index in [2.05, 4.69) is 52.4 Å². The summed E-state index contributed by atoms with van der Waals surface area (Å²) in [6.45, 7) is 13.1. The minimum absolute atomic E-state index is 0. The van der Waals surface area contributed by atoms with Crippen LogP contribution in [0, 0.1) is 0 Å². The third kappa shape index (κ3) is 36.3. The normalized spacial score (nSPS) is 13.8. The molecule has 1 heterocycles. The molecule has 0 aromatic rings. The van der Waals surface area contributed by atoms with Gasteiger partial charge in [-0.3, -0.25) is 0 Å². The number of aliphatic imine (C=N–C) groups is 1. The summed E-state index contributed by atoms with van der Waals surface area (Å²) in [4.78, 5) is 3.79. The summed E-state index contributed by atoms with van der Waals surface area (Å²) in [5, 5.41) is 1.79. The van der Waals surface area contributed by atoms with Gasteiger partial charge in [0.05, 0.1) is 0 Å². The topological polar surface area (TPSA) is 21.6 Å². The Morgan fingerprint density at radius 3 is 1.35 bits per heavy atom. The van der Waals surface area contributed by atoms with E-state index in [1.807, 2.05) is 0 Å². The number of unbranched alkanes of at least 4 members (excludes halogenated alkanes) is 3. The number of thioether (sulfide) groups is 1. The van der Waals surface area contributed by atoms with Crippen molar-refractivity contribution < 1.29 is 4.74 Å². The number of methoxy groups -OCH3 is 1. The van der Waals surface area contributed by atoms with E-state index < -0.39 is 0 Å². The van der Waals surface area contributed by atoms with Crippen molar-refractivity contribution in [3.05, 3.63) is 5.41 Å². The van der Waals surface area contributed by atoms with Gasteiger partial charge in [0, 0.05) is 36.4 Å². The Balaban J connectivity index is -0.0000000881. The van der Waals surface area contributed by atoms with E-state index >= 15 is 0 Å². The number of nitrogens with zero attached hydrogens (tertiary/aromatic N) is 1. The van der Waals surface area contributed by atoms with Crippen molar-refractivity contribution in [2.24, 2.45) is 4.99 Å². The van der Waals surface area contributed by atoms with E-state index in [0.29, 0.717) is 0 Å². The molecule has 1 rings (SSSR count). The van der Waals surface area contributed by atoms with Crippen molar-refractivity contribution in [2.75, 3.05) is 7.11 Å². The molecular weight excluding hydrogens is 373 g/mol. The Morgan fingerprint density at radius 1 is 0.900 bits per heavy atom. The third-order valence-corrected chi connectivity index (χ3v) is 2.89. The largest absolute Gasteiger partial charge is 0.350 e. The summed E-state index contributed by atoms with van der Waals surface area (Å²) < 4.78 is 4.81. The molecule has 0 saturated heterocycles. The van der Waals surface area contributed by atoms with Crippen LogP contribution in [-0.4, -0.2) is 42.4 Å². The number of hydrogen-bond acceptors (Lipinski definition) is 3. The summed E-state index contributed by atoms with van der Waals surface area (Å²) in [7, 11) is 1.63. The predicted octanol–water partition coefficient (Wildman–Crippen LogP) is 5.89. The first-order chi connectivity index (χ1) is 9.17. The molecule has 0 amide bonds. The third-order valence-electron chi connectivity index (χ3n) is 2.12. The first-order valence-corrected chi connectivity index (χ1v) is 8.57. The summed E-state index contributed by atoms with van der Waals surface area (Å²) in [6, 6.07) is 0. The molecule has 0 aliphatic carbocycles. The minimum Gasteiger partial charge on any atom is -0.350 e. The van der Waals surface area contributed by atoms with Crippen molar-refractivity contribution in [1.82, 2.24) is 0 Å². The van der Waals surface area contributed by atoms with E-state index in [0.717, 1.165) is 0 Å². The van der Waals surface area contributed by atoms with E-state index in [1.165, 1.54) is 50.3 Å². The van der Waals surface area contributed by atoms with Gasteiger partial charge in [-0.05, 0) is 5.87 Å². The molecule has 20 heavy (non-hydrogen) atoms. The average molecular weight is 408 g/mol. The standard InChI is InChI=1S/C4H5NOS.3C4H10.Sn/c1-6-4-5-2-3-7-4;3*1-3-4-2;/h3-4H,1H3;3*3-4H2,1-2H3;. The maximum absolute atomic E-state index is 4.81. The molecule has 4 heteroatoms. The smallest absolute Gasteiger partial charge is 0.209 e. The molecule has 0 saturated carbocycles. The van der Waals surface area contributed by atoms with Crippen LogP contribution >= 0.6 is 11.8 Å². The van der Waals surface area contributed by atoms with Gasteiger partial charge in [-0.25, -0.2) is 0 Å². The molecule has 0 aromatic heterocycles. The van der Waals surface area contributed by atoms with E-state index in [1.54, 1.807) is 12.5 Å². The molecule has 0 bridgehead atoms. The Hall–Kier alpha value is 0.559. The van der Waals surface area contributed by atoms with Gasteiger partial charge in [-0.15, -0.1) is 0 Å². The van der Waals surface area contributed by atoms with E-state index in [4.69, 9.17) is 4.74 Å². The second-order valence-electron chi connectivity index (χ2n) is 4.05. The van der Waals surface area contributed by atoms with Crippen molar-refractivity contribution in [2.45, 2.75) is 85.6 Å². The van der Waals surface area contributed by atoms with Crippen LogP contribution in [0.5, 0.6) is 0 Å². The Bertz CT molecular complexity index is 179. The summed E-state index contributed by atoms with van der Waals surface area (Å²) in [5.74, 6) is 2.66. The SMILES string of the molecule is CCCC.CCCC.CCCC.COC1N=C=CS1.[Sn]. The fraction of sp³-hybridized carbons (Fsp3) is 0.875. The van der Waals surface area contributed by atoms with Crippen LogP contribution in [0.25, 0.3) is 0 Å². The molecule has 2 nitrogen and oxygen atoms in total. The maximum atomic E-state index is 4.81. The zero-order valence-electron chi connectivity index (χ0n) is 14.7. The molecule has 0 fully saturated rings. The van der Waals surface area contributed by atoms with Crippen LogP contribution in [0.3, 0.4) is 0 Å². The van der Waals surface area contributed by atoms with Gasteiger partial charge in [0.25, 0.3) is 0 Å². The molecule has 0 N–H and O–H groups in total. The van der Waals surface area contributed by atoms with Crippen LogP contribution < -0.4 is 0 Å². The number of ether oxygens (including phenoxy) is 1. The van der Waals surface area contributed by atoms with Gasteiger partial charge in [0.15, 0.2) is 0 Å². The summed E-state index contributed by atoms with van der Waals surface area (Å²) in [6.07, 6.45) is 7.92. The summed E-state index contributed by atoms with van der Waals surface area (Å²) >= 11 is 1.52. The van der Waals surface area contributed by atoms with Gasteiger partial charge < -0.3 is 4.74 Å². The fourth-order valence-electron chi connectivity index (χ4n) is 0.319. The Morgan fingerprint density at radius 2 is 1.25 bits per heavy atom. The van der Waals surface area contributed by atoms with Crippen LogP contribution in [0.4, 0.5) is 0 Å². The van der Waals surface area contributed by atoms with Gasteiger partial charge >= 0.3 is 0 Å². The maximum Gasteiger partial charge on any atom is 0.209 e. The second kappa shape index (κ2) is 31.8. The number of hydrogen-bond donors (Lipinski definition) is 0. The average Bonchev–Trinajstić information content (AvgIpc) is 3.01. The molecule has 1 aliphatic rings. The summed E-state index contributed by atoms with van der Waals surface area (Å²) in [5.41, 5.74) is -0.0278. The predicted molar refractivity (Wildman–Crippen MR) is 97.9 cm³/mol. The van der Waals surface area contributed by atoms with Crippen molar-refractivity contribution in [1.29, 1.82) is 0 Å². The molecule has 0 spiro atoms. The quantitative estimate of drug-likeness (QED) is 0.542. The second-order valence-corrected chi connectivity index (χ2v) is 4.97. The first kappa shape index (κ1) is 28.7.